The number of hydrogen-bond donors (Lipinski definition) is 1. The van der Waals surface area contributed by atoms with Crippen LogP contribution < -0.4 is 14.4 Å². The number of halogens is 1. The van der Waals surface area contributed by atoms with Crippen molar-refractivity contribution in [3.05, 3.63) is 88.5 Å². The number of carbonyl (C=O) groups excluding carboxylic acids is 2. The van der Waals surface area contributed by atoms with Crippen molar-refractivity contribution in [3.8, 4) is 11.5 Å². The number of Topliss-reactive ketones (excluding diaryl/α,β-unsaturated/α-hetero) is 1. The van der Waals surface area contributed by atoms with Gasteiger partial charge in [-0.2, -0.15) is 0 Å². The molecule has 2 heterocycles. The number of unbranched alkanes of at least 4 members (excludes halogenated alkanes) is 1. The third-order valence-corrected chi connectivity index (χ3v) is 7.56. The van der Waals surface area contributed by atoms with Crippen LogP contribution in [0.15, 0.2) is 72.3 Å². The van der Waals surface area contributed by atoms with Crippen LogP contribution in [-0.2, 0) is 9.59 Å². The molecular formula is C29H25ClN2O5S. The van der Waals surface area contributed by atoms with Gasteiger partial charge in [-0.1, -0.05) is 60.5 Å². The molecule has 1 aliphatic rings. The highest BCUT2D eigenvalue weighted by Gasteiger charge is 2.48. The third-order valence-electron chi connectivity index (χ3n) is 6.29. The molecule has 3 aromatic carbocycles. The Labute approximate surface area is 228 Å². The number of nitrogens with zero attached hydrogens (tertiary/aromatic N) is 2. The predicted molar refractivity (Wildman–Crippen MR) is 149 cm³/mol. The normalized spacial score (nSPS) is 16.8. The van der Waals surface area contributed by atoms with Gasteiger partial charge in [0.05, 0.1) is 35.5 Å². The van der Waals surface area contributed by atoms with Gasteiger partial charge < -0.3 is 14.6 Å². The summed E-state index contributed by atoms with van der Waals surface area (Å²) < 4.78 is 11.9. The van der Waals surface area contributed by atoms with Crippen LogP contribution in [0.3, 0.4) is 0 Å². The van der Waals surface area contributed by atoms with Crippen molar-refractivity contribution in [3.63, 3.8) is 0 Å². The monoisotopic (exact) mass is 548 g/mol. The molecular weight excluding hydrogens is 524 g/mol. The number of hydrogen-bond acceptors (Lipinski definition) is 7. The molecule has 1 aromatic heterocycles. The van der Waals surface area contributed by atoms with Crippen molar-refractivity contribution in [1.82, 2.24) is 4.98 Å². The van der Waals surface area contributed by atoms with Crippen LogP contribution in [0, 0.1) is 0 Å². The average molecular weight is 549 g/mol. The zero-order valence-electron chi connectivity index (χ0n) is 20.8. The third kappa shape index (κ3) is 4.85. The van der Waals surface area contributed by atoms with E-state index < -0.39 is 17.7 Å². The number of benzene rings is 3. The molecule has 38 heavy (non-hydrogen) atoms. The summed E-state index contributed by atoms with van der Waals surface area (Å²) in [6, 6.07) is 18.2. The fourth-order valence-electron chi connectivity index (χ4n) is 4.34. The Morgan fingerprint density at radius 2 is 1.87 bits per heavy atom. The zero-order valence-corrected chi connectivity index (χ0v) is 22.4. The number of thiazole rings is 1. The fraction of sp³-hybridized carbons (Fsp3) is 0.207. The summed E-state index contributed by atoms with van der Waals surface area (Å²) in [5.41, 5.74) is 1.63. The smallest absolute Gasteiger partial charge is 0.301 e. The van der Waals surface area contributed by atoms with Gasteiger partial charge in [0.2, 0.25) is 0 Å². The Bertz CT molecular complexity index is 1550. The SMILES string of the molecule is CCCCOc1cccc(/C(O)=C2\C(=O)C(=O)N(c3nc4ccc(OC)cc4s3)C2c2ccc(Cl)cc2)c1. The predicted octanol–water partition coefficient (Wildman–Crippen LogP) is 6.76. The van der Waals surface area contributed by atoms with Gasteiger partial charge in [-0.3, -0.25) is 14.5 Å². The maximum Gasteiger partial charge on any atom is 0.301 e. The van der Waals surface area contributed by atoms with Gasteiger partial charge in [0.1, 0.15) is 17.3 Å². The number of fused-ring (bicyclic) bond motifs is 1. The van der Waals surface area contributed by atoms with Crippen molar-refractivity contribution in [2.45, 2.75) is 25.8 Å². The van der Waals surface area contributed by atoms with Crippen LogP contribution >= 0.6 is 22.9 Å². The second-order valence-corrected chi connectivity index (χ2v) is 10.2. The molecule has 1 atom stereocenters. The summed E-state index contributed by atoms with van der Waals surface area (Å²) in [6.45, 7) is 2.61. The molecule has 7 nitrogen and oxygen atoms in total. The van der Waals surface area contributed by atoms with Crippen molar-refractivity contribution >= 4 is 55.7 Å². The van der Waals surface area contributed by atoms with Gasteiger partial charge in [-0.05, 0) is 54.4 Å². The quantitative estimate of drug-likeness (QED) is 0.113. The first-order valence-electron chi connectivity index (χ1n) is 12.2. The van der Waals surface area contributed by atoms with Crippen molar-refractivity contribution in [2.75, 3.05) is 18.6 Å². The Morgan fingerprint density at radius 3 is 2.61 bits per heavy atom. The standard InChI is InChI=1S/C29H25ClN2O5S/c1-3-4-14-37-21-7-5-6-18(15-21)26(33)24-25(17-8-10-19(30)11-9-17)32(28(35)27(24)34)29-31-22-13-12-20(36-2)16-23(22)38-29/h5-13,15-16,25,33H,3-4,14H2,1-2H3/b26-24+. The van der Waals surface area contributed by atoms with Gasteiger partial charge in [0.25, 0.3) is 5.78 Å². The number of methoxy groups -OCH3 is 1. The molecule has 0 saturated carbocycles. The van der Waals surface area contributed by atoms with Crippen LogP contribution in [-0.4, -0.2) is 35.5 Å². The number of aliphatic hydroxyl groups excluding tert-OH is 1. The van der Waals surface area contributed by atoms with Gasteiger partial charge in [0, 0.05) is 10.6 Å². The van der Waals surface area contributed by atoms with Crippen LogP contribution in [0.25, 0.3) is 16.0 Å². The van der Waals surface area contributed by atoms with Crippen LogP contribution in [0.2, 0.25) is 5.02 Å². The van der Waals surface area contributed by atoms with Crippen molar-refractivity contribution in [1.29, 1.82) is 0 Å². The Balaban J connectivity index is 1.64. The second kappa shape index (κ2) is 10.8. The number of anilines is 1. The van der Waals surface area contributed by atoms with Crippen LogP contribution in [0.4, 0.5) is 5.13 Å². The van der Waals surface area contributed by atoms with Gasteiger partial charge in [0.15, 0.2) is 5.13 Å². The van der Waals surface area contributed by atoms with E-state index in [1.165, 1.54) is 16.2 Å². The largest absolute Gasteiger partial charge is 0.507 e. The minimum absolute atomic E-state index is 0.0279. The lowest BCUT2D eigenvalue weighted by Crippen LogP contribution is -2.29. The number of aliphatic hydroxyl groups is 1. The molecule has 0 aliphatic carbocycles. The van der Waals surface area contributed by atoms with Crippen molar-refractivity contribution in [2.24, 2.45) is 0 Å². The lowest BCUT2D eigenvalue weighted by Gasteiger charge is -2.23. The summed E-state index contributed by atoms with van der Waals surface area (Å²) >= 11 is 7.40. The molecule has 0 bridgehead atoms. The zero-order chi connectivity index (χ0) is 26.8. The minimum Gasteiger partial charge on any atom is -0.507 e. The van der Waals surface area contributed by atoms with E-state index >= 15 is 0 Å². The second-order valence-electron chi connectivity index (χ2n) is 8.78. The molecule has 5 rings (SSSR count). The molecule has 1 saturated heterocycles. The molecule has 9 heteroatoms. The van der Waals surface area contributed by atoms with Gasteiger partial charge >= 0.3 is 5.91 Å². The maximum absolute atomic E-state index is 13.5. The lowest BCUT2D eigenvalue weighted by molar-refractivity contribution is -0.132. The number of ketones is 1. The number of carbonyl (C=O) groups is 2. The minimum atomic E-state index is -0.903. The molecule has 1 amide bonds. The summed E-state index contributed by atoms with van der Waals surface area (Å²) in [4.78, 5) is 32.9. The molecule has 1 N–H and O–H groups in total. The number of ether oxygens (including phenoxy) is 2. The van der Waals surface area contributed by atoms with E-state index in [1.54, 1.807) is 67.8 Å². The summed E-state index contributed by atoms with van der Waals surface area (Å²) in [6.07, 6.45) is 1.88. The summed E-state index contributed by atoms with van der Waals surface area (Å²) in [5, 5.41) is 12.3. The molecule has 0 radical (unpaired) electrons. The lowest BCUT2D eigenvalue weighted by atomic mass is 9.95. The Kier molecular flexibility index (Phi) is 7.35. The Morgan fingerprint density at radius 1 is 1.08 bits per heavy atom. The molecule has 0 spiro atoms. The first-order chi connectivity index (χ1) is 18.4. The first kappa shape index (κ1) is 25.8. The van der Waals surface area contributed by atoms with Crippen LogP contribution in [0.5, 0.6) is 11.5 Å². The molecule has 1 fully saturated rings. The van der Waals surface area contributed by atoms with E-state index in [9.17, 15) is 14.7 Å². The van der Waals surface area contributed by atoms with Crippen molar-refractivity contribution < 1.29 is 24.2 Å². The number of rotatable bonds is 8. The molecule has 194 valence electrons. The van der Waals surface area contributed by atoms with Crippen LogP contribution in [0.1, 0.15) is 36.9 Å². The van der Waals surface area contributed by atoms with Gasteiger partial charge in [-0.25, -0.2) is 4.98 Å². The summed E-state index contributed by atoms with van der Waals surface area (Å²) in [5.74, 6) is -0.621. The van der Waals surface area contributed by atoms with E-state index in [-0.39, 0.29) is 11.3 Å². The highest BCUT2D eigenvalue weighted by Crippen LogP contribution is 2.45. The van der Waals surface area contributed by atoms with E-state index in [4.69, 9.17) is 21.1 Å². The topological polar surface area (TPSA) is 89.0 Å². The molecule has 1 unspecified atom stereocenters. The van der Waals surface area contributed by atoms with E-state index in [2.05, 4.69) is 11.9 Å². The first-order valence-corrected chi connectivity index (χ1v) is 13.3. The fourth-order valence-corrected chi connectivity index (χ4v) is 5.48. The average Bonchev–Trinajstić information content (AvgIpc) is 3.46. The van der Waals surface area contributed by atoms with E-state index in [0.717, 1.165) is 17.5 Å². The van der Waals surface area contributed by atoms with E-state index in [1.807, 2.05) is 6.07 Å². The number of amides is 1. The van der Waals surface area contributed by atoms with Gasteiger partial charge in [-0.15, -0.1) is 0 Å². The Hall–Kier alpha value is -3.88. The highest BCUT2D eigenvalue weighted by atomic mass is 35.5. The molecule has 4 aromatic rings. The molecule has 1 aliphatic heterocycles. The number of aromatic nitrogens is 1. The maximum atomic E-state index is 13.5. The van der Waals surface area contributed by atoms with E-state index in [0.29, 0.717) is 44.9 Å². The highest BCUT2D eigenvalue weighted by molar-refractivity contribution is 7.22. The summed E-state index contributed by atoms with van der Waals surface area (Å²) in [7, 11) is 1.58.